The molecule has 0 heterocycles. The van der Waals surface area contributed by atoms with E-state index in [1.54, 1.807) is 0 Å². The van der Waals surface area contributed by atoms with Crippen LogP contribution < -0.4 is 11.5 Å². The van der Waals surface area contributed by atoms with Crippen molar-refractivity contribution in [2.45, 2.75) is 27.7 Å². The third-order valence-corrected chi connectivity index (χ3v) is 1.20. The van der Waals surface area contributed by atoms with E-state index in [1.165, 1.54) is 0 Å². The Morgan fingerprint density at radius 2 is 1.77 bits per heavy atom. The molecule has 0 saturated heterocycles. The summed E-state index contributed by atoms with van der Waals surface area (Å²) in [6.45, 7) is 9.28. The molecule has 0 bridgehead atoms. The van der Waals surface area contributed by atoms with Gasteiger partial charge >= 0.3 is 6.09 Å². The number of carbonyl (C=O) groups is 1. The van der Waals surface area contributed by atoms with E-state index in [1.807, 2.05) is 27.7 Å². The van der Waals surface area contributed by atoms with Gasteiger partial charge in [-0.25, -0.2) is 4.79 Å². The summed E-state index contributed by atoms with van der Waals surface area (Å²) in [5, 5.41) is 2.68. The van der Waals surface area contributed by atoms with Crippen LogP contribution in [0, 0.1) is 11.8 Å². The van der Waals surface area contributed by atoms with Crippen molar-refractivity contribution in [2.24, 2.45) is 11.8 Å². The smallest absolute Gasteiger partial charge is 0.407 e. The maximum atomic E-state index is 10.9. The van der Waals surface area contributed by atoms with E-state index in [-0.39, 0.29) is 12.2 Å². The monoisotopic (exact) mass is 190 g/mol. The van der Waals surface area contributed by atoms with Crippen molar-refractivity contribution in [2.75, 3.05) is 13.2 Å². The molecule has 4 heteroatoms. The predicted octanol–water partition coefficient (Wildman–Crippen LogP) is 2.19. The quantitative estimate of drug-likeness (QED) is 0.713. The second-order valence-electron chi connectivity index (χ2n) is 3.77. The number of hydrogen-bond donors (Lipinski definition) is 2. The number of carbonyl (C=O) groups excluding carboxylic acids is 1. The standard InChI is InChI=1S/C9H19NO2.H3N/c1-7(2)5-10-9(11)12-6-8(3)4;/h7-8H,5-6H2,1-4H3,(H,10,11);1H3. The van der Waals surface area contributed by atoms with Crippen molar-refractivity contribution in [1.29, 1.82) is 0 Å². The molecule has 0 rings (SSSR count). The van der Waals surface area contributed by atoms with Crippen LogP contribution in [0.3, 0.4) is 0 Å². The van der Waals surface area contributed by atoms with E-state index in [0.717, 1.165) is 0 Å². The number of alkyl carbamates (subject to hydrolysis) is 1. The highest BCUT2D eigenvalue weighted by molar-refractivity contribution is 5.67. The van der Waals surface area contributed by atoms with Crippen LogP contribution in [0.15, 0.2) is 0 Å². The van der Waals surface area contributed by atoms with E-state index in [0.29, 0.717) is 25.0 Å². The SMILES string of the molecule is CC(C)CNC(=O)OCC(C)C.N. The molecule has 0 aromatic carbocycles. The van der Waals surface area contributed by atoms with Crippen LogP contribution in [0.2, 0.25) is 0 Å². The number of amides is 1. The normalized spacial score (nSPS) is 9.69. The summed E-state index contributed by atoms with van der Waals surface area (Å²) >= 11 is 0. The Labute approximate surface area is 80.6 Å². The van der Waals surface area contributed by atoms with Crippen LogP contribution in [-0.4, -0.2) is 19.2 Å². The fraction of sp³-hybridized carbons (Fsp3) is 0.889. The third-order valence-electron chi connectivity index (χ3n) is 1.20. The molecule has 13 heavy (non-hydrogen) atoms. The lowest BCUT2D eigenvalue weighted by Crippen LogP contribution is -2.28. The molecule has 0 aromatic rings. The molecule has 0 fully saturated rings. The molecule has 0 atom stereocenters. The second kappa shape index (κ2) is 7.86. The molecular weight excluding hydrogens is 168 g/mol. The zero-order valence-electron chi connectivity index (χ0n) is 9.09. The summed E-state index contributed by atoms with van der Waals surface area (Å²) in [4.78, 5) is 10.9. The highest BCUT2D eigenvalue weighted by Crippen LogP contribution is 1.93. The van der Waals surface area contributed by atoms with E-state index in [9.17, 15) is 4.79 Å². The van der Waals surface area contributed by atoms with Crippen LogP contribution in [-0.2, 0) is 4.74 Å². The van der Waals surface area contributed by atoms with Crippen molar-refractivity contribution in [3.05, 3.63) is 0 Å². The predicted molar refractivity (Wildman–Crippen MR) is 54.0 cm³/mol. The lowest BCUT2D eigenvalue weighted by Gasteiger charge is -2.09. The topological polar surface area (TPSA) is 73.3 Å². The van der Waals surface area contributed by atoms with Gasteiger partial charge < -0.3 is 16.2 Å². The number of rotatable bonds is 4. The Balaban J connectivity index is 0. The van der Waals surface area contributed by atoms with Gasteiger partial charge in [0.05, 0.1) is 6.61 Å². The molecule has 0 radical (unpaired) electrons. The Kier molecular flexibility index (Phi) is 8.91. The molecule has 0 saturated carbocycles. The van der Waals surface area contributed by atoms with Crippen LogP contribution in [0.4, 0.5) is 4.79 Å². The van der Waals surface area contributed by atoms with Crippen LogP contribution in [0.25, 0.3) is 0 Å². The zero-order chi connectivity index (χ0) is 9.56. The highest BCUT2D eigenvalue weighted by Gasteiger charge is 2.03. The van der Waals surface area contributed by atoms with Gasteiger partial charge in [0.1, 0.15) is 0 Å². The summed E-state index contributed by atoms with van der Waals surface area (Å²) in [7, 11) is 0. The number of nitrogens with one attached hydrogen (secondary N) is 1. The Hall–Kier alpha value is -0.770. The second-order valence-corrected chi connectivity index (χ2v) is 3.77. The summed E-state index contributed by atoms with van der Waals surface area (Å²) in [5.74, 6) is 0.867. The fourth-order valence-electron chi connectivity index (χ4n) is 0.581. The maximum absolute atomic E-state index is 10.9. The first kappa shape index (κ1) is 14.7. The van der Waals surface area contributed by atoms with Gasteiger partial charge in [-0.1, -0.05) is 27.7 Å². The summed E-state index contributed by atoms with van der Waals surface area (Å²) in [6.07, 6.45) is -0.308. The third kappa shape index (κ3) is 11.2. The Morgan fingerprint density at radius 3 is 2.15 bits per heavy atom. The molecule has 0 unspecified atom stereocenters. The van der Waals surface area contributed by atoms with Gasteiger partial charge in [-0.05, 0) is 11.8 Å². The minimum absolute atomic E-state index is 0. The largest absolute Gasteiger partial charge is 0.449 e. The lowest BCUT2D eigenvalue weighted by molar-refractivity contribution is 0.132. The van der Waals surface area contributed by atoms with Gasteiger partial charge in [0.25, 0.3) is 0 Å². The minimum atomic E-state index is -0.308. The number of ether oxygens (including phenoxy) is 1. The molecule has 0 aliphatic heterocycles. The number of hydrogen-bond acceptors (Lipinski definition) is 3. The molecule has 0 aromatic heterocycles. The average Bonchev–Trinajstić information content (AvgIpc) is 1.96. The first-order valence-corrected chi connectivity index (χ1v) is 4.43. The van der Waals surface area contributed by atoms with E-state index < -0.39 is 0 Å². The zero-order valence-corrected chi connectivity index (χ0v) is 9.09. The average molecular weight is 190 g/mol. The fourth-order valence-corrected chi connectivity index (χ4v) is 0.581. The van der Waals surface area contributed by atoms with Crippen molar-refractivity contribution < 1.29 is 9.53 Å². The lowest BCUT2D eigenvalue weighted by atomic mass is 10.2. The van der Waals surface area contributed by atoms with Gasteiger partial charge in [0.2, 0.25) is 0 Å². The first-order valence-electron chi connectivity index (χ1n) is 4.43. The van der Waals surface area contributed by atoms with Crippen molar-refractivity contribution in [3.63, 3.8) is 0 Å². The highest BCUT2D eigenvalue weighted by atomic mass is 16.5. The van der Waals surface area contributed by atoms with E-state index in [2.05, 4.69) is 5.32 Å². The summed E-state index contributed by atoms with van der Waals surface area (Å²) < 4.78 is 4.90. The summed E-state index contributed by atoms with van der Waals surface area (Å²) in [6, 6.07) is 0. The van der Waals surface area contributed by atoms with Gasteiger partial charge in [-0.15, -0.1) is 0 Å². The molecule has 1 amide bonds. The molecule has 0 aliphatic carbocycles. The molecule has 4 nitrogen and oxygen atoms in total. The van der Waals surface area contributed by atoms with Gasteiger partial charge in [-0.2, -0.15) is 0 Å². The first-order chi connectivity index (χ1) is 5.52. The van der Waals surface area contributed by atoms with Crippen molar-refractivity contribution in [1.82, 2.24) is 11.5 Å². The Morgan fingerprint density at radius 1 is 1.23 bits per heavy atom. The Bertz CT molecular complexity index is 122. The van der Waals surface area contributed by atoms with Gasteiger partial charge in [0, 0.05) is 6.54 Å². The van der Waals surface area contributed by atoms with E-state index in [4.69, 9.17) is 4.74 Å². The molecule has 0 spiro atoms. The van der Waals surface area contributed by atoms with Crippen molar-refractivity contribution in [3.8, 4) is 0 Å². The molecule has 0 aliphatic rings. The van der Waals surface area contributed by atoms with Crippen LogP contribution >= 0.6 is 0 Å². The van der Waals surface area contributed by atoms with Gasteiger partial charge in [-0.3, -0.25) is 0 Å². The van der Waals surface area contributed by atoms with Crippen molar-refractivity contribution >= 4 is 6.09 Å². The maximum Gasteiger partial charge on any atom is 0.407 e. The molecular formula is C9H22N2O2. The summed E-state index contributed by atoms with van der Waals surface area (Å²) in [5.41, 5.74) is 0. The van der Waals surface area contributed by atoms with Crippen LogP contribution in [0.5, 0.6) is 0 Å². The molecule has 4 N–H and O–H groups in total. The van der Waals surface area contributed by atoms with E-state index >= 15 is 0 Å². The molecule has 80 valence electrons. The van der Waals surface area contributed by atoms with Gasteiger partial charge in [0.15, 0.2) is 0 Å². The van der Waals surface area contributed by atoms with Crippen LogP contribution in [0.1, 0.15) is 27.7 Å². The minimum Gasteiger partial charge on any atom is -0.449 e.